The molecule has 1 amide bonds. The number of alkyl halides is 3. The van der Waals surface area contributed by atoms with Crippen molar-refractivity contribution in [3.63, 3.8) is 0 Å². The van der Waals surface area contributed by atoms with E-state index in [9.17, 15) is 22.8 Å². The number of halogens is 3. The largest absolute Gasteiger partial charge is 0.480 e. The minimum absolute atomic E-state index is 0.0505. The molecule has 20 heavy (non-hydrogen) atoms. The number of carbonyl (C=O) groups excluding carboxylic acids is 1. The second-order valence-corrected chi connectivity index (χ2v) is 4.53. The number of carboxylic acid groups (broad SMARTS) is 1. The number of hydrogen-bond donors (Lipinski definition) is 1. The van der Waals surface area contributed by atoms with E-state index in [4.69, 9.17) is 5.11 Å². The van der Waals surface area contributed by atoms with Crippen molar-refractivity contribution in [2.75, 3.05) is 19.3 Å². The lowest BCUT2D eigenvalue weighted by Crippen LogP contribution is -2.42. The average Bonchev–Trinajstić information content (AvgIpc) is 2.35. The lowest BCUT2D eigenvalue weighted by Gasteiger charge is -2.22. The highest BCUT2D eigenvalue weighted by molar-refractivity contribution is 7.98. The predicted octanol–water partition coefficient (Wildman–Crippen LogP) is 1.89. The molecule has 0 fully saturated rings. The summed E-state index contributed by atoms with van der Waals surface area (Å²) in [5, 5.41) is 8.87. The van der Waals surface area contributed by atoms with Crippen LogP contribution in [0.3, 0.4) is 0 Å². The van der Waals surface area contributed by atoms with Crippen molar-refractivity contribution < 1.29 is 27.9 Å². The van der Waals surface area contributed by atoms with Gasteiger partial charge in [-0.25, -0.2) is 4.98 Å². The van der Waals surface area contributed by atoms with Crippen LogP contribution in [0.1, 0.15) is 10.4 Å². The quantitative estimate of drug-likeness (QED) is 0.841. The monoisotopic (exact) mass is 308 g/mol. The highest BCUT2D eigenvalue weighted by Gasteiger charge is 2.34. The van der Waals surface area contributed by atoms with Crippen molar-refractivity contribution in [2.45, 2.75) is 11.2 Å². The van der Waals surface area contributed by atoms with Crippen LogP contribution in [0.2, 0.25) is 0 Å². The first-order valence-corrected chi connectivity index (χ1v) is 6.54. The first-order chi connectivity index (χ1) is 9.24. The number of rotatable bonds is 5. The Hall–Kier alpha value is -1.77. The molecule has 1 aromatic rings. The number of carboxylic acids is 1. The van der Waals surface area contributed by atoms with Gasteiger partial charge in [0.1, 0.15) is 18.1 Å². The number of hydrogen-bond acceptors (Lipinski definition) is 4. The molecule has 0 saturated heterocycles. The summed E-state index contributed by atoms with van der Waals surface area (Å²) in [4.78, 5) is 26.7. The fraction of sp³-hybridized carbons (Fsp3) is 0.364. The summed E-state index contributed by atoms with van der Waals surface area (Å²) >= 11 is 1.09. The molecule has 9 heteroatoms. The SMILES string of the molecule is CSc1ncccc1C(=O)N(CC(=O)O)CC(F)(F)F. The summed E-state index contributed by atoms with van der Waals surface area (Å²) in [7, 11) is 0. The van der Waals surface area contributed by atoms with Gasteiger partial charge in [-0.05, 0) is 18.4 Å². The van der Waals surface area contributed by atoms with E-state index in [0.717, 1.165) is 11.8 Å². The Bertz CT molecular complexity index is 508. The first-order valence-electron chi connectivity index (χ1n) is 5.31. The molecule has 1 rings (SSSR count). The van der Waals surface area contributed by atoms with E-state index in [1.165, 1.54) is 18.3 Å². The summed E-state index contributed by atoms with van der Waals surface area (Å²) in [5.74, 6) is -2.53. The number of aromatic nitrogens is 1. The molecular weight excluding hydrogens is 297 g/mol. The van der Waals surface area contributed by atoms with Gasteiger partial charge in [0, 0.05) is 6.20 Å². The van der Waals surface area contributed by atoms with Gasteiger partial charge in [-0.2, -0.15) is 13.2 Å². The number of nitrogens with zero attached hydrogens (tertiary/aromatic N) is 2. The van der Waals surface area contributed by atoms with Gasteiger partial charge < -0.3 is 10.0 Å². The third kappa shape index (κ3) is 4.72. The molecule has 110 valence electrons. The highest BCUT2D eigenvalue weighted by Crippen LogP contribution is 2.22. The van der Waals surface area contributed by atoms with E-state index in [1.54, 1.807) is 6.26 Å². The van der Waals surface area contributed by atoms with Gasteiger partial charge in [0.05, 0.1) is 5.56 Å². The summed E-state index contributed by atoms with van der Waals surface area (Å²) in [5.41, 5.74) is -0.0505. The van der Waals surface area contributed by atoms with Crippen LogP contribution < -0.4 is 0 Å². The number of aliphatic carboxylic acids is 1. The molecule has 0 radical (unpaired) electrons. The Morgan fingerprint density at radius 2 is 2.10 bits per heavy atom. The van der Waals surface area contributed by atoms with Crippen LogP contribution >= 0.6 is 11.8 Å². The van der Waals surface area contributed by atoms with Crippen LogP contribution in [0.15, 0.2) is 23.4 Å². The molecule has 0 aliphatic rings. The maximum Gasteiger partial charge on any atom is 0.406 e. The molecule has 0 aliphatic carbocycles. The number of thioether (sulfide) groups is 1. The summed E-state index contributed by atoms with van der Waals surface area (Å²) in [6.07, 6.45) is -1.66. The molecule has 0 bridgehead atoms. The number of pyridine rings is 1. The van der Waals surface area contributed by atoms with Gasteiger partial charge in [-0.1, -0.05) is 0 Å². The first kappa shape index (κ1) is 16.3. The van der Waals surface area contributed by atoms with E-state index < -0.39 is 31.1 Å². The van der Waals surface area contributed by atoms with Crippen LogP contribution in [0, 0.1) is 0 Å². The Kier molecular flexibility index (Phi) is 5.37. The van der Waals surface area contributed by atoms with Gasteiger partial charge in [0.2, 0.25) is 0 Å². The number of amides is 1. The van der Waals surface area contributed by atoms with Crippen LogP contribution in [0.25, 0.3) is 0 Å². The Morgan fingerprint density at radius 3 is 2.60 bits per heavy atom. The van der Waals surface area contributed by atoms with E-state index >= 15 is 0 Å². The molecular formula is C11H11F3N2O3S. The molecule has 0 spiro atoms. The average molecular weight is 308 g/mol. The minimum atomic E-state index is -4.67. The van der Waals surface area contributed by atoms with E-state index in [0.29, 0.717) is 0 Å². The fourth-order valence-electron chi connectivity index (χ4n) is 1.47. The zero-order valence-corrected chi connectivity index (χ0v) is 11.2. The summed E-state index contributed by atoms with van der Waals surface area (Å²) < 4.78 is 37.2. The van der Waals surface area contributed by atoms with Gasteiger partial charge in [-0.3, -0.25) is 9.59 Å². The van der Waals surface area contributed by atoms with Crippen LogP contribution in [0.5, 0.6) is 0 Å². The van der Waals surface area contributed by atoms with Crippen LogP contribution in [0.4, 0.5) is 13.2 Å². The molecule has 0 saturated carbocycles. The van der Waals surface area contributed by atoms with Crippen LogP contribution in [-0.2, 0) is 4.79 Å². The van der Waals surface area contributed by atoms with Crippen molar-refractivity contribution in [1.82, 2.24) is 9.88 Å². The molecule has 0 aliphatic heterocycles. The van der Waals surface area contributed by atoms with E-state index in [-0.39, 0.29) is 15.5 Å². The smallest absolute Gasteiger partial charge is 0.406 e. The van der Waals surface area contributed by atoms with Gasteiger partial charge in [0.25, 0.3) is 5.91 Å². The molecule has 5 nitrogen and oxygen atoms in total. The van der Waals surface area contributed by atoms with Gasteiger partial charge in [0.15, 0.2) is 0 Å². The van der Waals surface area contributed by atoms with Crippen LogP contribution in [-0.4, -0.2) is 52.4 Å². The van der Waals surface area contributed by atoms with Crippen molar-refractivity contribution in [3.8, 4) is 0 Å². The zero-order chi connectivity index (χ0) is 15.3. The molecule has 0 aromatic carbocycles. The Morgan fingerprint density at radius 1 is 1.45 bits per heavy atom. The second kappa shape index (κ2) is 6.60. The zero-order valence-electron chi connectivity index (χ0n) is 10.3. The predicted molar refractivity (Wildman–Crippen MR) is 65.6 cm³/mol. The highest BCUT2D eigenvalue weighted by atomic mass is 32.2. The summed E-state index contributed by atoms with van der Waals surface area (Å²) in [6, 6.07) is 2.71. The van der Waals surface area contributed by atoms with Crippen molar-refractivity contribution in [3.05, 3.63) is 23.9 Å². The summed E-state index contributed by atoms with van der Waals surface area (Å²) in [6.45, 7) is -2.65. The number of carbonyl (C=O) groups is 2. The van der Waals surface area contributed by atoms with Gasteiger partial charge >= 0.3 is 12.1 Å². The standard InChI is InChI=1S/C11H11F3N2O3S/c1-20-9-7(3-2-4-15-9)10(19)16(5-8(17)18)6-11(12,13)14/h2-4H,5-6H2,1H3,(H,17,18). The molecule has 0 atom stereocenters. The fourth-order valence-corrected chi connectivity index (χ4v) is 2.01. The van der Waals surface area contributed by atoms with Crippen molar-refractivity contribution in [1.29, 1.82) is 0 Å². The van der Waals surface area contributed by atoms with Crippen molar-refractivity contribution in [2.24, 2.45) is 0 Å². The lowest BCUT2D eigenvalue weighted by molar-refractivity contribution is -0.149. The van der Waals surface area contributed by atoms with E-state index in [1.807, 2.05) is 0 Å². The van der Waals surface area contributed by atoms with Gasteiger partial charge in [-0.15, -0.1) is 11.8 Å². The Labute approximate surface area is 116 Å². The molecule has 1 aromatic heterocycles. The minimum Gasteiger partial charge on any atom is -0.480 e. The lowest BCUT2D eigenvalue weighted by atomic mass is 10.2. The molecule has 0 unspecified atom stereocenters. The Balaban J connectivity index is 3.06. The third-order valence-electron chi connectivity index (χ3n) is 2.18. The van der Waals surface area contributed by atoms with Crippen molar-refractivity contribution >= 4 is 23.6 Å². The third-order valence-corrected chi connectivity index (χ3v) is 2.89. The maximum absolute atomic E-state index is 12.4. The molecule has 1 heterocycles. The normalized spacial score (nSPS) is 11.2. The maximum atomic E-state index is 12.4. The van der Waals surface area contributed by atoms with E-state index in [2.05, 4.69) is 4.98 Å². The topological polar surface area (TPSA) is 70.5 Å². The second-order valence-electron chi connectivity index (χ2n) is 3.73. The molecule has 1 N–H and O–H groups in total.